The smallest absolute Gasteiger partial charge is 0.175 e. The summed E-state index contributed by atoms with van der Waals surface area (Å²) in [5.74, 6) is 2.86. The van der Waals surface area contributed by atoms with Crippen LogP contribution in [-0.2, 0) is 0 Å². The van der Waals surface area contributed by atoms with Crippen LogP contribution in [0.4, 0.5) is 0 Å². The summed E-state index contributed by atoms with van der Waals surface area (Å²) in [7, 11) is 0. The van der Waals surface area contributed by atoms with Crippen molar-refractivity contribution in [2.75, 3.05) is 19.0 Å². The average Bonchev–Trinajstić information content (AvgIpc) is 2.87. The Morgan fingerprint density at radius 2 is 2.22 bits per heavy atom. The highest BCUT2D eigenvalue weighted by molar-refractivity contribution is 9.10. The topological polar surface area (TPSA) is 30.5 Å². The van der Waals surface area contributed by atoms with Crippen LogP contribution < -0.4 is 14.8 Å². The maximum Gasteiger partial charge on any atom is 0.175 e. The molecular weight excluding hydrogens is 314 g/mol. The van der Waals surface area contributed by atoms with Crippen LogP contribution in [0.3, 0.4) is 0 Å². The van der Waals surface area contributed by atoms with Gasteiger partial charge in [-0.05, 0) is 40.0 Å². The molecule has 2 aliphatic rings. The molecule has 18 heavy (non-hydrogen) atoms. The monoisotopic (exact) mass is 329 g/mol. The number of benzene rings is 1. The maximum absolute atomic E-state index is 5.67. The molecule has 5 heteroatoms. The van der Waals surface area contributed by atoms with Crippen LogP contribution in [0.25, 0.3) is 0 Å². The van der Waals surface area contributed by atoms with Gasteiger partial charge in [0.1, 0.15) is 13.2 Å². The van der Waals surface area contributed by atoms with Crippen molar-refractivity contribution in [2.45, 2.75) is 24.8 Å². The Morgan fingerprint density at radius 3 is 3.00 bits per heavy atom. The summed E-state index contributed by atoms with van der Waals surface area (Å²) in [6.45, 7) is 3.48. The Labute approximate surface area is 120 Å². The normalized spacial score (nSPS) is 26.3. The number of halogens is 1. The van der Waals surface area contributed by atoms with Gasteiger partial charge >= 0.3 is 0 Å². The minimum atomic E-state index is 0.363. The van der Waals surface area contributed by atoms with Gasteiger partial charge in [0.2, 0.25) is 0 Å². The molecule has 0 radical (unpaired) electrons. The van der Waals surface area contributed by atoms with Crippen molar-refractivity contribution in [1.29, 1.82) is 0 Å². The molecule has 2 heterocycles. The van der Waals surface area contributed by atoms with Crippen LogP contribution in [0.5, 0.6) is 11.5 Å². The molecule has 3 nitrogen and oxygen atoms in total. The fourth-order valence-electron chi connectivity index (χ4n) is 2.23. The Kier molecular flexibility index (Phi) is 3.73. The standard InChI is InChI=1S/C13H16BrNO2S/c1-2-9-7-18-13(15-9)8-5-10(14)12-11(6-8)16-3-4-17-12/h5-6,9,13,15H,2-4,7H2,1H3. The van der Waals surface area contributed by atoms with Gasteiger partial charge in [-0.1, -0.05) is 6.92 Å². The molecular formula is C13H16BrNO2S. The van der Waals surface area contributed by atoms with E-state index in [0.717, 1.165) is 16.0 Å². The predicted octanol–water partition coefficient (Wildman–Crippen LogP) is 3.33. The van der Waals surface area contributed by atoms with Crippen LogP contribution in [0, 0.1) is 0 Å². The lowest BCUT2D eigenvalue weighted by Gasteiger charge is -2.22. The fourth-order valence-corrected chi connectivity index (χ4v) is 4.18. The largest absolute Gasteiger partial charge is 0.486 e. The van der Waals surface area contributed by atoms with E-state index < -0.39 is 0 Å². The summed E-state index contributed by atoms with van der Waals surface area (Å²) in [6, 6.07) is 4.85. The first-order valence-electron chi connectivity index (χ1n) is 6.24. The minimum Gasteiger partial charge on any atom is -0.486 e. The molecule has 1 saturated heterocycles. The number of fused-ring (bicyclic) bond motifs is 1. The lowest BCUT2D eigenvalue weighted by molar-refractivity contribution is 0.170. The zero-order valence-electron chi connectivity index (χ0n) is 10.2. The molecule has 1 fully saturated rings. The second-order valence-corrected chi connectivity index (χ2v) is 6.50. The molecule has 0 amide bonds. The van der Waals surface area contributed by atoms with E-state index in [1.165, 1.54) is 17.7 Å². The average molecular weight is 330 g/mol. The van der Waals surface area contributed by atoms with Gasteiger partial charge in [0.05, 0.1) is 9.85 Å². The van der Waals surface area contributed by atoms with E-state index in [4.69, 9.17) is 9.47 Å². The van der Waals surface area contributed by atoms with Gasteiger partial charge in [-0.2, -0.15) is 0 Å². The highest BCUT2D eigenvalue weighted by Crippen LogP contribution is 2.43. The van der Waals surface area contributed by atoms with Crippen LogP contribution in [0.15, 0.2) is 16.6 Å². The molecule has 0 aromatic heterocycles. The number of nitrogens with one attached hydrogen (secondary N) is 1. The first kappa shape index (κ1) is 12.6. The van der Waals surface area contributed by atoms with Gasteiger partial charge < -0.3 is 9.47 Å². The molecule has 2 unspecified atom stereocenters. The number of hydrogen-bond donors (Lipinski definition) is 1. The molecule has 0 saturated carbocycles. The van der Waals surface area contributed by atoms with Gasteiger partial charge in [0, 0.05) is 11.8 Å². The zero-order chi connectivity index (χ0) is 12.5. The first-order chi connectivity index (χ1) is 8.78. The summed E-state index contributed by atoms with van der Waals surface area (Å²) < 4.78 is 12.3. The summed E-state index contributed by atoms with van der Waals surface area (Å²) in [5, 5.41) is 4.00. The van der Waals surface area contributed by atoms with Crippen LogP contribution >= 0.6 is 27.7 Å². The van der Waals surface area contributed by atoms with Crippen LogP contribution in [0.1, 0.15) is 24.3 Å². The van der Waals surface area contributed by atoms with Crippen molar-refractivity contribution >= 4 is 27.7 Å². The lowest BCUT2D eigenvalue weighted by Crippen LogP contribution is -2.24. The molecule has 2 aliphatic heterocycles. The second-order valence-electron chi connectivity index (χ2n) is 4.51. The Hall–Kier alpha value is -0.390. The molecule has 1 aromatic rings. The fraction of sp³-hybridized carbons (Fsp3) is 0.538. The first-order valence-corrected chi connectivity index (χ1v) is 8.09. The number of ether oxygens (including phenoxy) is 2. The third kappa shape index (κ3) is 2.36. The second kappa shape index (κ2) is 5.31. The number of rotatable bonds is 2. The third-order valence-corrected chi connectivity index (χ3v) is 5.19. The molecule has 2 atom stereocenters. The van der Waals surface area contributed by atoms with Gasteiger partial charge in [-0.3, -0.25) is 5.32 Å². The summed E-state index contributed by atoms with van der Waals surface area (Å²) in [5.41, 5.74) is 1.26. The molecule has 1 aromatic carbocycles. The Bertz CT molecular complexity index is 455. The molecule has 0 spiro atoms. The zero-order valence-corrected chi connectivity index (χ0v) is 12.6. The van der Waals surface area contributed by atoms with Gasteiger partial charge in [0.25, 0.3) is 0 Å². The van der Waals surface area contributed by atoms with E-state index in [0.29, 0.717) is 24.6 Å². The molecule has 0 bridgehead atoms. The molecule has 98 valence electrons. The van der Waals surface area contributed by atoms with E-state index >= 15 is 0 Å². The third-order valence-electron chi connectivity index (χ3n) is 3.27. The van der Waals surface area contributed by atoms with Crippen molar-refractivity contribution < 1.29 is 9.47 Å². The van der Waals surface area contributed by atoms with Crippen molar-refractivity contribution in [3.8, 4) is 11.5 Å². The van der Waals surface area contributed by atoms with E-state index in [9.17, 15) is 0 Å². The number of thioether (sulfide) groups is 1. The SMILES string of the molecule is CCC1CSC(c2cc(Br)c3c(c2)OCCO3)N1. The maximum atomic E-state index is 5.67. The minimum absolute atomic E-state index is 0.363. The predicted molar refractivity (Wildman–Crippen MR) is 77.5 cm³/mol. The molecule has 0 aliphatic carbocycles. The highest BCUT2D eigenvalue weighted by Gasteiger charge is 2.26. The van der Waals surface area contributed by atoms with Gasteiger partial charge in [0.15, 0.2) is 11.5 Å². The van der Waals surface area contributed by atoms with E-state index in [1.807, 2.05) is 11.8 Å². The van der Waals surface area contributed by atoms with E-state index in [-0.39, 0.29) is 0 Å². The van der Waals surface area contributed by atoms with Gasteiger partial charge in [-0.25, -0.2) is 0 Å². The van der Waals surface area contributed by atoms with Crippen molar-refractivity contribution in [3.63, 3.8) is 0 Å². The van der Waals surface area contributed by atoms with Crippen LogP contribution in [-0.4, -0.2) is 25.0 Å². The van der Waals surface area contributed by atoms with Crippen molar-refractivity contribution in [2.24, 2.45) is 0 Å². The van der Waals surface area contributed by atoms with E-state index in [2.05, 4.69) is 40.3 Å². The van der Waals surface area contributed by atoms with Crippen molar-refractivity contribution in [3.05, 3.63) is 22.2 Å². The summed E-state index contributed by atoms with van der Waals surface area (Å²) in [6.07, 6.45) is 1.18. The Balaban J connectivity index is 1.87. The quantitative estimate of drug-likeness (QED) is 0.901. The van der Waals surface area contributed by atoms with Gasteiger partial charge in [-0.15, -0.1) is 11.8 Å². The molecule has 1 N–H and O–H groups in total. The summed E-state index contributed by atoms with van der Waals surface area (Å²) >= 11 is 5.53. The molecule has 3 rings (SSSR count). The number of hydrogen-bond acceptors (Lipinski definition) is 4. The highest BCUT2D eigenvalue weighted by atomic mass is 79.9. The Morgan fingerprint density at radius 1 is 1.39 bits per heavy atom. The van der Waals surface area contributed by atoms with E-state index in [1.54, 1.807) is 0 Å². The van der Waals surface area contributed by atoms with Crippen LogP contribution in [0.2, 0.25) is 0 Å². The van der Waals surface area contributed by atoms with Crippen molar-refractivity contribution in [1.82, 2.24) is 5.32 Å². The lowest BCUT2D eigenvalue weighted by atomic mass is 10.1. The summed E-state index contributed by atoms with van der Waals surface area (Å²) in [4.78, 5) is 0.